The Labute approximate surface area is 113 Å². The Balaban J connectivity index is 2.15. The Bertz CT molecular complexity index is 623. The molecule has 98 valence electrons. The molecule has 0 radical (unpaired) electrons. The number of benzene rings is 1. The molecule has 1 aliphatic rings. The van der Waals surface area contributed by atoms with Crippen LogP contribution in [-0.2, 0) is 13.0 Å². The highest BCUT2D eigenvalue weighted by Gasteiger charge is 2.20. The van der Waals surface area contributed by atoms with Gasteiger partial charge < -0.3 is 9.64 Å². The van der Waals surface area contributed by atoms with Crippen molar-refractivity contribution < 1.29 is 4.74 Å². The Hall–Kier alpha value is -2.10. The molecule has 0 amide bonds. The summed E-state index contributed by atoms with van der Waals surface area (Å²) in [5, 5.41) is 0. The first-order valence-corrected chi connectivity index (χ1v) is 6.39. The SMILES string of the molecule is Cc1nc2c(c(N(C)C)n1)Cc1ccccc1OC2. The molecular weight excluding hydrogens is 238 g/mol. The third-order valence-corrected chi connectivity index (χ3v) is 3.31. The molecule has 1 aromatic carbocycles. The molecule has 4 heteroatoms. The van der Waals surface area contributed by atoms with E-state index in [0.29, 0.717) is 6.61 Å². The number of aromatic nitrogens is 2. The van der Waals surface area contributed by atoms with Gasteiger partial charge in [-0.1, -0.05) is 18.2 Å². The van der Waals surface area contributed by atoms with E-state index in [0.717, 1.165) is 29.5 Å². The number of aryl methyl sites for hydroxylation is 1. The number of rotatable bonds is 1. The molecular formula is C15H17N3O. The minimum atomic E-state index is 0.510. The molecule has 0 fully saturated rings. The first kappa shape index (κ1) is 12.0. The molecule has 0 aliphatic carbocycles. The largest absolute Gasteiger partial charge is 0.487 e. The number of hydrogen-bond acceptors (Lipinski definition) is 4. The van der Waals surface area contributed by atoms with E-state index in [2.05, 4.69) is 16.0 Å². The topological polar surface area (TPSA) is 38.2 Å². The van der Waals surface area contributed by atoms with Crippen LogP contribution in [0.25, 0.3) is 0 Å². The first-order chi connectivity index (χ1) is 9.15. The van der Waals surface area contributed by atoms with Crippen LogP contribution in [-0.4, -0.2) is 24.1 Å². The second kappa shape index (κ2) is 4.53. The van der Waals surface area contributed by atoms with Crippen molar-refractivity contribution in [2.75, 3.05) is 19.0 Å². The molecule has 1 aromatic heterocycles. The summed E-state index contributed by atoms with van der Waals surface area (Å²) < 4.78 is 5.86. The lowest BCUT2D eigenvalue weighted by atomic mass is 10.0. The van der Waals surface area contributed by atoms with E-state index in [-0.39, 0.29) is 0 Å². The van der Waals surface area contributed by atoms with Crippen molar-refractivity contribution in [1.82, 2.24) is 9.97 Å². The van der Waals surface area contributed by atoms with Gasteiger partial charge in [0.25, 0.3) is 0 Å². The Morgan fingerprint density at radius 2 is 1.95 bits per heavy atom. The molecule has 1 aliphatic heterocycles. The minimum absolute atomic E-state index is 0.510. The standard InChI is InChI=1S/C15H17N3O/c1-10-16-13-9-19-14-7-5-4-6-11(14)8-12(13)15(17-10)18(2)3/h4-7H,8-9H2,1-3H3. The highest BCUT2D eigenvalue weighted by atomic mass is 16.5. The maximum Gasteiger partial charge on any atom is 0.135 e. The van der Waals surface area contributed by atoms with Crippen LogP contribution in [0, 0.1) is 6.92 Å². The summed E-state index contributed by atoms with van der Waals surface area (Å²) >= 11 is 0. The summed E-state index contributed by atoms with van der Waals surface area (Å²) in [4.78, 5) is 11.1. The molecule has 0 bridgehead atoms. The first-order valence-electron chi connectivity index (χ1n) is 6.39. The fourth-order valence-electron chi connectivity index (χ4n) is 2.44. The van der Waals surface area contributed by atoms with Gasteiger partial charge in [0.2, 0.25) is 0 Å². The van der Waals surface area contributed by atoms with Crippen LogP contribution in [0.15, 0.2) is 24.3 Å². The van der Waals surface area contributed by atoms with Crippen molar-refractivity contribution in [1.29, 1.82) is 0 Å². The average molecular weight is 255 g/mol. The van der Waals surface area contributed by atoms with Gasteiger partial charge in [-0.2, -0.15) is 0 Å². The summed E-state index contributed by atoms with van der Waals surface area (Å²) in [6, 6.07) is 8.15. The highest BCUT2D eigenvalue weighted by Crippen LogP contribution is 2.31. The maximum atomic E-state index is 5.86. The molecule has 0 saturated heterocycles. The molecule has 0 unspecified atom stereocenters. The number of para-hydroxylation sites is 1. The van der Waals surface area contributed by atoms with E-state index in [1.165, 1.54) is 11.1 Å². The summed E-state index contributed by atoms with van der Waals surface area (Å²) in [7, 11) is 4.03. The summed E-state index contributed by atoms with van der Waals surface area (Å²) in [5.74, 6) is 2.72. The van der Waals surface area contributed by atoms with Gasteiger partial charge in [0, 0.05) is 26.1 Å². The van der Waals surface area contributed by atoms with Crippen molar-refractivity contribution >= 4 is 5.82 Å². The lowest BCUT2D eigenvalue weighted by Crippen LogP contribution is -2.17. The Morgan fingerprint density at radius 3 is 2.74 bits per heavy atom. The quantitative estimate of drug-likeness (QED) is 0.784. The molecule has 19 heavy (non-hydrogen) atoms. The lowest BCUT2D eigenvalue weighted by molar-refractivity contribution is 0.302. The van der Waals surface area contributed by atoms with Gasteiger partial charge in [-0.05, 0) is 18.6 Å². The average Bonchev–Trinajstić information content (AvgIpc) is 2.57. The molecule has 0 saturated carbocycles. The van der Waals surface area contributed by atoms with Crippen LogP contribution >= 0.6 is 0 Å². The number of fused-ring (bicyclic) bond motifs is 2. The predicted molar refractivity (Wildman–Crippen MR) is 74.7 cm³/mol. The maximum absolute atomic E-state index is 5.86. The monoisotopic (exact) mass is 255 g/mol. The zero-order valence-corrected chi connectivity index (χ0v) is 11.5. The Morgan fingerprint density at radius 1 is 1.16 bits per heavy atom. The van der Waals surface area contributed by atoms with Crippen LogP contribution in [0.5, 0.6) is 5.75 Å². The summed E-state index contributed by atoms with van der Waals surface area (Å²) in [6.07, 6.45) is 0.819. The molecule has 4 nitrogen and oxygen atoms in total. The fraction of sp³-hybridized carbons (Fsp3) is 0.333. The minimum Gasteiger partial charge on any atom is -0.487 e. The highest BCUT2D eigenvalue weighted by molar-refractivity contribution is 5.53. The number of hydrogen-bond donors (Lipinski definition) is 0. The van der Waals surface area contributed by atoms with Crippen molar-refractivity contribution in [2.45, 2.75) is 20.0 Å². The summed E-state index contributed by atoms with van der Waals surface area (Å²) in [6.45, 7) is 2.43. The third kappa shape index (κ3) is 2.14. The van der Waals surface area contributed by atoms with Gasteiger partial charge in [-0.25, -0.2) is 9.97 Å². The molecule has 2 aromatic rings. The van der Waals surface area contributed by atoms with Gasteiger partial charge >= 0.3 is 0 Å². The predicted octanol–water partition coefficient (Wildman–Crippen LogP) is 2.33. The molecule has 0 N–H and O–H groups in total. The van der Waals surface area contributed by atoms with E-state index in [4.69, 9.17) is 4.74 Å². The van der Waals surface area contributed by atoms with E-state index in [1.807, 2.05) is 44.1 Å². The van der Waals surface area contributed by atoms with Crippen LogP contribution in [0.1, 0.15) is 22.6 Å². The van der Waals surface area contributed by atoms with Crippen LogP contribution in [0.2, 0.25) is 0 Å². The lowest BCUT2D eigenvalue weighted by Gasteiger charge is -2.17. The molecule has 0 atom stereocenters. The molecule has 0 spiro atoms. The zero-order chi connectivity index (χ0) is 13.4. The Kier molecular flexibility index (Phi) is 2.85. The molecule has 3 rings (SSSR count). The van der Waals surface area contributed by atoms with Gasteiger partial charge in [0.05, 0.1) is 5.69 Å². The van der Waals surface area contributed by atoms with E-state index < -0.39 is 0 Å². The normalized spacial score (nSPS) is 13.0. The third-order valence-electron chi connectivity index (χ3n) is 3.31. The van der Waals surface area contributed by atoms with Gasteiger partial charge in [0.1, 0.15) is 24.0 Å². The second-order valence-corrected chi connectivity index (χ2v) is 4.99. The second-order valence-electron chi connectivity index (χ2n) is 4.99. The van der Waals surface area contributed by atoms with Gasteiger partial charge in [-0.15, -0.1) is 0 Å². The number of ether oxygens (including phenoxy) is 1. The van der Waals surface area contributed by atoms with Crippen LogP contribution < -0.4 is 9.64 Å². The van der Waals surface area contributed by atoms with Gasteiger partial charge in [-0.3, -0.25) is 0 Å². The fourth-order valence-corrected chi connectivity index (χ4v) is 2.44. The van der Waals surface area contributed by atoms with E-state index in [9.17, 15) is 0 Å². The zero-order valence-electron chi connectivity index (χ0n) is 11.5. The van der Waals surface area contributed by atoms with Crippen LogP contribution in [0.4, 0.5) is 5.82 Å². The number of nitrogens with zero attached hydrogens (tertiary/aromatic N) is 3. The number of anilines is 1. The van der Waals surface area contributed by atoms with E-state index in [1.54, 1.807) is 0 Å². The van der Waals surface area contributed by atoms with Crippen molar-refractivity contribution in [3.05, 3.63) is 46.9 Å². The van der Waals surface area contributed by atoms with Crippen molar-refractivity contribution in [3.8, 4) is 5.75 Å². The molecule has 2 heterocycles. The van der Waals surface area contributed by atoms with Crippen molar-refractivity contribution in [3.63, 3.8) is 0 Å². The van der Waals surface area contributed by atoms with Gasteiger partial charge in [0.15, 0.2) is 0 Å². The van der Waals surface area contributed by atoms with E-state index >= 15 is 0 Å². The van der Waals surface area contributed by atoms with Crippen molar-refractivity contribution in [2.24, 2.45) is 0 Å². The summed E-state index contributed by atoms with van der Waals surface area (Å²) in [5.41, 5.74) is 3.35. The smallest absolute Gasteiger partial charge is 0.135 e. The van der Waals surface area contributed by atoms with Crippen LogP contribution in [0.3, 0.4) is 0 Å².